The summed E-state index contributed by atoms with van der Waals surface area (Å²) in [5, 5.41) is 3.47. The summed E-state index contributed by atoms with van der Waals surface area (Å²) in [6.45, 7) is 12.4. The van der Waals surface area contributed by atoms with Crippen LogP contribution in [0.15, 0.2) is 0 Å². The van der Waals surface area contributed by atoms with E-state index >= 15 is 0 Å². The summed E-state index contributed by atoms with van der Waals surface area (Å²) in [4.78, 5) is 2.57. The molecule has 0 amide bonds. The van der Waals surface area contributed by atoms with Crippen LogP contribution in [-0.2, 0) is 4.74 Å². The zero-order valence-electron chi connectivity index (χ0n) is 10.4. The highest BCUT2D eigenvalue weighted by Crippen LogP contribution is 2.25. The molecule has 2 rings (SSSR count). The average molecular weight is 249 g/mol. The molecule has 0 aromatic rings. The molecule has 0 spiro atoms. The second-order valence-electron chi connectivity index (χ2n) is 5.41. The van der Waals surface area contributed by atoms with Crippen LogP contribution in [0.2, 0.25) is 0 Å². The van der Waals surface area contributed by atoms with E-state index < -0.39 is 0 Å². The fourth-order valence-electron chi connectivity index (χ4n) is 2.65. The van der Waals surface area contributed by atoms with Gasteiger partial charge in [-0.1, -0.05) is 13.8 Å². The second kappa shape index (κ2) is 6.80. The number of nitrogens with zero attached hydrogens (tertiary/aromatic N) is 1. The summed E-state index contributed by atoms with van der Waals surface area (Å²) in [5.74, 6) is 2.48. The van der Waals surface area contributed by atoms with Crippen LogP contribution in [0.4, 0.5) is 0 Å². The molecule has 2 saturated heterocycles. The molecular weight excluding hydrogens is 224 g/mol. The first-order valence-corrected chi connectivity index (χ1v) is 6.26. The summed E-state index contributed by atoms with van der Waals surface area (Å²) in [6, 6.07) is 0. The molecule has 1 N–H and O–H groups in total. The van der Waals surface area contributed by atoms with Crippen molar-refractivity contribution in [3.63, 3.8) is 0 Å². The van der Waals surface area contributed by atoms with E-state index in [1.54, 1.807) is 0 Å². The fraction of sp³-hybridized carbons (Fsp3) is 1.00. The summed E-state index contributed by atoms with van der Waals surface area (Å²) < 4.78 is 5.62. The van der Waals surface area contributed by atoms with Gasteiger partial charge in [0, 0.05) is 26.2 Å². The van der Waals surface area contributed by atoms with Crippen molar-refractivity contribution in [3.8, 4) is 0 Å². The van der Waals surface area contributed by atoms with Crippen LogP contribution in [0.3, 0.4) is 0 Å². The van der Waals surface area contributed by atoms with E-state index in [1.165, 1.54) is 26.2 Å². The van der Waals surface area contributed by atoms with Crippen LogP contribution in [-0.4, -0.2) is 50.8 Å². The first-order chi connectivity index (χ1) is 7.25. The Morgan fingerprint density at radius 2 is 1.88 bits per heavy atom. The number of halogens is 1. The number of likely N-dealkylation sites (tertiary alicyclic amines) is 1. The molecule has 0 aromatic carbocycles. The van der Waals surface area contributed by atoms with Crippen molar-refractivity contribution in [1.82, 2.24) is 10.2 Å². The van der Waals surface area contributed by atoms with Crippen LogP contribution < -0.4 is 5.32 Å². The third-order valence-electron chi connectivity index (χ3n) is 3.47. The van der Waals surface area contributed by atoms with Gasteiger partial charge in [0.2, 0.25) is 0 Å². The molecule has 2 aliphatic rings. The summed E-state index contributed by atoms with van der Waals surface area (Å²) in [7, 11) is 0. The van der Waals surface area contributed by atoms with Crippen molar-refractivity contribution in [3.05, 3.63) is 0 Å². The summed E-state index contributed by atoms with van der Waals surface area (Å²) in [5.41, 5.74) is 0. The van der Waals surface area contributed by atoms with E-state index in [9.17, 15) is 0 Å². The molecule has 0 bridgehead atoms. The molecule has 2 fully saturated rings. The lowest BCUT2D eigenvalue weighted by Gasteiger charge is -2.17. The molecule has 2 aliphatic heterocycles. The number of nitrogens with one attached hydrogen (secondary N) is 1. The normalized spacial score (nSPS) is 29.4. The molecule has 3 nitrogen and oxygen atoms in total. The zero-order valence-corrected chi connectivity index (χ0v) is 11.3. The van der Waals surface area contributed by atoms with Crippen molar-refractivity contribution in [2.45, 2.75) is 13.8 Å². The van der Waals surface area contributed by atoms with Gasteiger partial charge in [0.25, 0.3) is 0 Å². The fourth-order valence-corrected chi connectivity index (χ4v) is 2.65. The predicted molar refractivity (Wildman–Crippen MR) is 69.2 cm³/mol. The van der Waals surface area contributed by atoms with E-state index in [0.717, 1.165) is 31.6 Å². The highest BCUT2D eigenvalue weighted by molar-refractivity contribution is 5.85. The molecule has 2 heterocycles. The monoisotopic (exact) mass is 248 g/mol. The molecule has 0 aliphatic carbocycles. The lowest BCUT2D eigenvalue weighted by Crippen LogP contribution is -2.29. The number of hydrogen-bond donors (Lipinski definition) is 1. The Morgan fingerprint density at radius 1 is 1.25 bits per heavy atom. The van der Waals surface area contributed by atoms with Crippen LogP contribution in [0, 0.1) is 17.8 Å². The van der Waals surface area contributed by atoms with Gasteiger partial charge >= 0.3 is 0 Å². The Labute approximate surface area is 105 Å². The Morgan fingerprint density at radius 3 is 2.44 bits per heavy atom. The van der Waals surface area contributed by atoms with Gasteiger partial charge in [0.15, 0.2) is 0 Å². The van der Waals surface area contributed by atoms with E-state index in [0.29, 0.717) is 5.92 Å². The van der Waals surface area contributed by atoms with Crippen molar-refractivity contribution in [2.75, 3.05) is 45.9 Å². The summed E-state index contributed by atoms with van der Waals surface area (Å²) in [6.07, 6.45) is 0. The molecule has 4 heteroatoms. The van der Waals surface area contributed by atoms with Gasteiger partial charge in [0.1, 0.15) is 0 Å². The van der Waals surface area contributed by atoms with Gasteiger partial charge in [-0.3, -0.25) is 0 Å². The molecule has 2 atom stereocenters. The third-order valence-corrected chi connectivity index (χ3v) is 3.47. The maximum absolute atomic E-state index is 5.62. The van der Waals surface area contributed by atoms with Crippen molar-refractivity contribution in [1.29, 1.82) is 0 Å². The van der Waals surface area contributed by atoms with Gasteiger partial charge in [0.05, 0.1) is 6.61 Å². The molecule has 16 heavy (non-hydrogen) atoms. The quantitative estimate of drug-likeness (QED) is 0.741. The van der Waals surface area contributed by atoms with E-state index in [2.05, 4.69) is 24.1 Å². The molecule has 96 valence electrons. The number of ether oxygens (including phenoxy) is 1. The van der Waals surface area contributed by atoms with Crippen LogP contribution in [0.25, 0.3) is 0 Å². The standard InChI is InChI=1S/C12H24N2O.ClH/c1-10(2)9-15-4-3-14-7-11-5-13-6-12(11)8-14;/h10-13H,3-9H2,1-2H3;1H/t11-,12+;. The van der Waals surface area contributed by atoms with Gasteiger partial charge in [-0.05, 0) is 30.8 Å². The van der Waals surface area contributed by atoms with Crippen molar-refractivity contribution in [2.24, 2.45) is 17.8 Å². The van der Waals surface area contributed by atoms with E-state index in [4.69, 9.17) is 4.74 Å². The first kappa shape index (κ1) is 14.2. The lowest BCUT2D eigenvalue weighted by atomic mass is 10.0. The van der Waals surface area contributed by atoms with Crippen molar-refractivity contribution < 1.29 is 4.74 Å². The van der Waals surface area contributed by atoms with Crippen LogP contribution in [0.1, 0.15) is 13.8 Å². The molecule has 0 unspecified atom stereocenters. The van der Waals surface area contributed by atoms with Crippen LogP contribution >= 0.6 is 12.4 Å². The number of hydrogen-bond acceptors (Lipinski definition) is 3. The maximum atomic E-state index is 5.62. The Balaban J connectivity index is 0.00000128. The first-order valence-electron chi connectivity index (χ1n) is 6.26. The SMILES string of the molecule is CC(C)COCCN1C[C@H]2CNC[C@H]2C1.Cl. The summed E-state index contributed by atoms with van der Waals surface area (Å²) >= 11 is 0. The minimum absolute atomic E-state index is 0. The third kappa shape index (κ3) is 3.88. The van der Waals surface area contributed by atoms with Gasteiger partial charge in [-0.15, -0.1) is 12.4 Å². The minimum atomic E-state index is 0. The largest absolute Gasteiger partial charge is 0.380 e. The number of rotatable bonds is 5. The maximum Gasteiger partial charge on any atom is 0.0593 e. The highest BCUT2D eigenvalue weighted by atomic mass is 35.5. The van der Waals surface area contributed by atoms with Gasteiger partial charge in [-0.25, -0.2) is 0 Å². The topological polar surface area (TPSA) is 24.5 Å². The Hall–Kier alpha value is 0.170. The zero-order chi connectivity index (χ0) is 10.7. The molecule has 0 aromatic heterocycles. The second-order valence-corrected chi connectivity index (χ2v) is 5.41. The minimum Gasteiger partial charge on any atom is -0.380 e. The van der Waals surface area contributed by atoms with E-state index in [1.807, 2.05) is 0 Å². The predicted octanol–water partition coefficient (Wildman–Crippen LogP) is 1.23. The van der Waals surface area contributed by atoms with E-state index in [-0.39, 0.29) is 12.4 Å². The number of fused-ring (bicyclic) bond motifs is 1. The van der Waals surface area contributed by atoms with Gasteiger partial charge in [-0.2, -0.15) is 0 Å². The lowest BCUT2D eigenvalue weighted by molar-refractivity contribution is 0.0895. The smallest absolute Gasteiger partial charge is 0.0593 e. The average Bonchev–Trinajstić information content (AvgIpc) is 2.71. The van der Waals surface area contributed by atoms with Gasteiger partial charge < -0.3 is 15.0 Å². The molecule has 0 saturated carbocycles. The Kier molecular flexibility index (Phi) is 6.05. The molecule has 0 radical (unpaired) electrons. The van der Waals surface area contributed by atoms with Crippen molar-refractivity contribution >= 4 is 12.4 Å². The van der Waals surface area contributed by atoms with Crippen LogP contribution in [0.5, 0.6) is 0 Å². The Bertz CT molecular complexity index is 189. The molecular formula is C12H25ClN2O. The highest BCUT2D eigenvalue weighted by Gasteiger charge is 2.35.